The van der Waals surface area contributed by atoms with Crippen LogP contribution in [0.1, 0.15) is 5.69 Å². The van der Waals surface area contributed by atoms with Gasteiger partial charge in [-0.1, -0.05) is 24.3 Å². The minimum Gasteiger partial charge on any atom is -0.315 e. The summed E-state index contributed by atoms with van der Waals surface area (Å²) >= 11 is 1.60. The Bertz CT molecular complexity index is 1340. The van der Waals surface area contributed by atoms with E-state index in [2.05, 4.69) is 22.5 Å². The molecule has 4 aromatic heterocycles. The number of hydrogen-bond donors (Lipinski definition) is 0. The van der Waals surface area contributed by atoms with Crippen LogP contribution in [-0.2, 0) is 13.0 Å². The Kier molecular flexibility index (Phi) is 5.43. The number of pyridine rings is 3. The molecule has 0 saturated carbocycles. The highest BCUT2D eigenvalue weighted by Gasteiger charge is 2.12. The Labute approximate surface area is 177 Å². The normalized spacial score (nSPS) is 10.9. The third-order valence-electron chi connectivity index (χ3n) is 4.96. The van der Waals surface area contributed by atoms with Gasteiger partial charge < -0.3 is 4.57 Å². The summed E-state index contributed by atoms with van der Waals surface area (Å²) in [5, 5.41) is 3.96. The number of halogens is 1. The van der Waals surface area contributed by atoms with Gasteiger partial charge in [0.2, 0.25) is 0 Å². The smallest absolute Gasteiger partial charge is 0.259 e. The van der Waals surface area contributed by atoms with Crippen LogP contribution in [0.5, 0.6) is 0 Å². The molecule has 6 heteroatoms. The van der Waals surface area contributed by atoms with Gasteiger partial charge in [-0.2, -0.15) is 0 Å². The number of para-hydroxylation sites is 1. The third kappa shape index (κ3) is 3.67. The van der Waals surface area contributed by atoms with E-state index >= 15 is 0 Å². The first kappa shape index (κ1) is 19.3. The molecular formula is C23H18ClN3OS. The molecule has 0 saturated heterocycles. The molecule has 0 N–H and O–H groups in total. The molecule has 5 rings (SSSR count). The summed E-state index contributed by atoms with van der Waals surface area (Å²) in [4.78, 5) is 21.9. The highest BCUT2D eigenvalue weighted by molar-refractivity contribution is 7.17. The highest BCUT2D eigenvalue weighted by Crippen LogP contribution is 2.31. The summed E-state index contributed by atoms with van der Waals surface area (Å²) in [5.74, 6) is 0. The lowest BCUT2D eigenvalue weighted by Gasteiger charge is -2.07. The zero-order valence-corrected chi connectivity index (χ0v) is 17.1. The van der Waals surface area contributed by atoms with Crippen molar-refractivity contribution in [3.63, 3.8) is 0 Å². The molecule has 0 atom stereocenters. The second-order valence-corrected chi connectivity index (χ2v) is 7.60. The number of nitrogens with zero attached hydrogens (tertiary/aromatic N) is 3. The van der Waals surface area contributed by atoms with Crippen LogP contribution in [0.2, 0.25) is 0 Å². The van der Waals surface area contributed by atoms with Crippen LogP contribution in [0, 0.1) is 0 Å². The average Bonchev–Trinajstić information content (AvgIpc) is 3.19. The molecular weight excluding hydrogens is 402 g/mol. The van der Waals surface area contributed by atoms with Gasteiger partial charge in [0.1, 0.15) is 0 Å². The molecule has 29 heavy (non-hydrogen) atoms. The molecule has 5 aromatic rings. The minimum absolute atomic E-state index is 0. The van der Waals surface area contributed by atoms with Gasteiger partial charge in [-0.15, -0.1) is 23.7 Å². The minimum atomic E-state index is 0. The van der Waals surface area contributed by atoms with Gasteiger partial charge in [0.25, 0.3) is 5.56 Å². The van der Waals surface area contributed by atoms with Crippen molar-refractivity contribution in [3.05, 3.63) is 94.6 Å². The largest absolute Gasteiger partial charge is 0.315 e. The lowest BCUT2D eigenvalue weighted by atomic mass is 10.1. The Morgan fingerprint density at radius 3 is 2.66 bits per heavy atom. The van der Waals surface area contributed by atoms with Crippen molar-refractivity contribution in [2.24, 2.45) is 0 Å². The van der Waals surface area contributed by atoms with Crippen LogP contribution in [0.15, 0.2) is 83.4 Å². The lowest BCUT2D eigenvalue weighted by molar-refractivity contribution is 0.667. The molecule has 0 radical (unpaired) electrons. The van der Waals surface area contributed by atoms with Crippen LogP contribution in [-0.4, -0.2) is 14.5 Å². The molecule has 1 aromatic carbocycles. The number of thiophene rings is 1. The predicted molar refractivity (Wildman–Crippen MR) is 122 cm³/mol. The lowest BCUT2D eigenvalue weighted by Crippen LogP contribution is -2.20. The van der Waals surface area contributed by atoms with E-state index in [1.54, 1.807) is 28.3 Å². The number of hydrogen-bond acceptors (Lipinski definition) is 4. The fraction of sp³-hybridized carbons (Fsp3) is 0.0870. The summed E-state index contributed by atoms with van der Waals surface area (Å²) in [5.41, 5.74) is 4.02. The maximum Gasteiger partial charge on any atom is 0.259 e. The Morgan fingerprint density at radius 1 is 0.966 bits per heavy atom. The number of aromatic nitrogens is 3. The highest BCUT2D eigenvalue weighted by atomic mass is 35.5. The van der Waals surface area contributed by atoms with Crippen molar-refractivity contribution in [3.8, 4) is 11.1 Å². The monoisotopic (exact) mass is 419 g/mol. The van der Waals surface area contributed by atoms with Crippen molar-refractivity contribution >= 4 is 44.7 Å². The molecule has 0 bridgehead atoms. The molecule has 0 unspecified atom stereocenters. The average molecular weight is 420 g/mol. The predicted octanol–water partition coefficient (Wildman–Crippen LogP) is 5.34. The van der Waals surface area contributed by atoms with Crippen molar-refractivity contribution < 1.29 is 0 Å². The van der Waals surface area contributed by atoms with E-state index in [0.717, 1.165) is 37.8 Å². The second-order valence-electron chi connectivity index (χ2n) is 6.68. The first-order chi connectivity index (χ1) is 13.8. The molecule has 0 aliphatic rings. The van der Waals surface area contributed by atoms with Gasteiger partial charge in [-0.3, -0.25) is 14.8 Å². The van der Waals surface area contributed by atoms with Gasteiger partial charge in [0.05, 0.1) is 10.9 Å². The van der Waals surface area contributed by atoms with Crippen molar-refractivity contribution in [2.75, 3.05) is 0 Å². The van der Waals surface area contributed by atoms with Crippen molar-refractivity contribution in [1.29, 1.82) is 0 Å². The van der Waals surface area contributed by atoms with E-state index in [1.807, 2.05) is 48.7 Å². The van der Waals surface area contributed by atoms with Gasteiger partial charge in [-0.25, -0.2) is 0 Å². The summed E-state index contributed by atoms with van der Waals surface area (Å²) in [6, 6.07) is 18.1. The second kappa shape index (κ2) is 8.15. The summed E-state index contributed by atoms with van der Waals surface area (Å²) in [7, 11) is 0. The van der Waals surface area contributed by atoms with E-state index in [4.69, 9.17) is 4.98 Å². The van der Waals surface area contributed by atoms with Crippen LogP contribution in [0.3, 0.4) is 0 Å². The van der Waals surface area contributed by atoms with E-state index in [0.29, 0.717) is 13.0 Å². The van der Waals surface area contributed by atoms with Crippen LogP contribution in [0.25, 0.3) is 32.1 Å². The fourth-order valence-electron chi connectivity index (χ4n) is 3.49. The topological polar surface area (TPSA) is 47.8 Å². The van der Waals surface area contributed by atoms with E-state index in [-0.39, 0.29) is 18.0 Å². The first-order valence-electron chi connectivity index (χ1n) is 9.15. The molecule has 0 spiro atoms. The Balaban J connectivity index is 0.00000205. The SMILES string of the molecule is Cl.O=c1c2c(-c3ccncc3)csc2ccn1CCc1ccc2ccccc2n1. The zero-order valence-electron chi connectivity index (χ0n) is 15.5. The number of fused-ring (bicyclic) bond motifs is 2. The van der Waals surface area contributed by atoms with Crippen LogP contribution >= 0.6 is 23.7 Å². The van der Waals surface area contributed by atoms with E-state index < -0.39 is 0 Å². The van der Waals surface area contributed by atoms with Crippen LogP contribution in [0.4, 0.5) is 0 Å². The Morgan fingerprint density at radius 2 is 1.79 bits per heavy atom. The van der Waals surface area contributed by atoms with Crippen molar-refractivity contribution in [1.82, 2.24) is 14.5 Å². The summed E-state index contributed by atoms with van der Waals surface area (Å²) in [6.45, 7) is 0.603. The standard InChI is InChI=1S/C23H17N3OS.ClH/c27-23-22-19(16-7-11-24-12-8-16)15-28-21(22)10-14-26(23)13-9-18-6-5-17-3-1-2-4-20(17)25-18;/h1-8,10-12,14-15H,9,13H2;1H. The first-order valence-corrected chi connectivity index (χ1v) is 10.0. The molecule has 0 aliphatic heterocycles. The van der Waals surface area contributed by atoms with Gasteiger partial charge >= 0.3 is 0 Å². The molecule has 0 fully saturated rings. The fourth-order valence-corrected chi connectivity index (χ4v) is 4.44. The molecule has 4 nitrogen and oxygen atoms in total. The van der Waals surface area contributed by atoms with Gasteiger partial charge in [-0.05, 0) is 35.9 Å². The Hall–Kier alpha value is -3.02. The van der Waals surface area contributed by atoms with E-state index in [9.17, 15) is 4.79 Å². The number of aryl methyl sites for hydroxylation is 2. The molecule has 0 amide bonds. The molecule has 0 aliphatic carbocycles. The maximum atomic E-state index is 13.2. The quantitative estimate of drug-likeness (QED) is 0.395. The number of rotatable bonds is 4. The molecule has 144 valence electrons. The van der Waals surface area contributed by atoms with Gasteiger partial charge in [0.15, 0.2) is 0 Å². The zero-order chi connectivity index (χ0) is 18.9. The number of benzene rings is 1. The van der Waals surface area contributed by atoms with Gasteiger partial charge in [0, 0.05) is 58.3 Å². The molecule has 4 heterocycles. The third-order valence-corrected chi connectivity index (χ3v) is 5.90. The van der Waals surface area contributed by atoms with Crippen LogP contribution < -0.4 is 5.56 Å². The maximum absolute atomic E-state index is 13.2. The van der Waals surface area contributed by atoms with Crippen molar-refractivity contribution in [2.45, 2.75) is 13.0 Å². The van der Waals surface area contributed by atoms with E-state index in [1.165, 1.54) is 0 Å². The summed E-state index contributed by atoms with van der Waals surface area (Å²) in [6.07, 6.45) is 6.11. The summed E-state index contributed by atoms with van der Waals surface area (Å²) < 4.78 is 2.80.